The summed E-state index contributed by atoms with van der Waals surface area (Å²) in [6.07, 6.45) is 12.6. The van der Waals surface area contributed by atoms with Crippen molar-refractivity contribution in [3.05, 3.63) is 23.8 Å². The molecule has 0 bridgehead atoms. The van der Waals surface area contributed by atoms with Crippen LogP contribution in [0.1, 0.15) is 52.4 Å². The van der Waals surface area contributed by atoms with Crippen LogP contribution in [0, 0.1) is 28.6 Å². The van der Waals surface area contributed by atoms with Gasteiger partial charge in [0.15, 0.2) is 5.78 Å². The van der Waals surface area contributed by atoms with Gasteiger partial charge in [0.1, 0.15) is 0 Å². The average molecular weight is 286 g/mol. The van der Waals surface area contributed by atoms with E-state index in [1.54, 1.807) is 6.08 Å². The molecule has 0 heterocycles. The molecule has 4 rings (SSSR count). The lowest BCUT2D eigenvalue weighted by Gasteiger charge is -2.56. The summed E-state index contributed by atoms with van der Waals surface area (Å²) in [5.74, 6) is 2.22. The smallest absolute Gasteiger partial charge is 0.178 e. The second kappa shape index (κ2) is 4.32. The van der Waals surface area contributed by atoms with Crippen molar-refractivity contribution < 1.29 is 9.90 Å². The fourth-order valence-electron chi connectivity index (χ4n) is 6.17. The molecule has 2 heteroatoms. The third kappa shape index (κ3) is 1.72. The number of carbonyl (C=O) groups is 1. The van der Waals surface area contributed by atoms with Gasteiger partial charge in [-0.2, -0.15) is 0 Å². The Morgan fingerprint density at radius 1 is 1.14 bits per heavy atom. The van der Waals surface area contributed by atoms with E-state index in [0.29, 0.717) is 11.8 Å². The first-order valence-corrected chi connectivity index (χ1v) is 8.57. The van der Waals surface area contributed by atoms with Gasteiger partial charge in [-0.1, -0.05) is 25.5 Å². The zero-order valence-electron chi connectivity index (χ0n) is 13.1. The largest absolute Gasteiger partial charge is 0.393 e. The van der Waals surface area contributed by atoms with Crippen LogP contribution in [0.25, 0.3) is 0 Å². The first-order valence-electron chi connectivity index (χ1n) is 8.57. The van der Waals surface area contributed by atoms with E-state index in [1.165, 1.54) is 24.8 Å². The summed E-state index contributed by atoms with van der Waals surface area (Å²) in [5, 5.41) is 10.4. The highest BCUT2D eigenvalue weighted by Crippen LogP contribution is 2.64. The van der Waals surface area contributed by atoms with Gasteiger partial charge >= 0.3 is 0 Å². The molecule has 0 spiro atoms. The maximum absolute atomic E-state index is 11.7. The van der Waals surface area contributed by atoms with Gasteiger partial charge < -0.3 is 5.11 Å². The molecule has 0 aromatic rings. The Balaban J connectivity index is 1.70. The second-order valence-corrected chi connectivity index (χ2v) is 8.24. The maximum atomic E-state index is 11.7. The van der Waals surface area contributed by atoms with Crippen LogP contribution >= 0.6 is 0 Å². The Hall–Kier alpha value is -0.890. The number of carbonyl (C=O) groups excluding carboxylic acids is 1. The molecular formula is C19H26O2. The Morgan fingerprint density at radius 2 is 1.95 bits per heavy atom. The molecule has 0 unspecified atom stereocenters. The summed E-state index contributed by atoms with van der Waals surface area (Å²) in [4.78, 5) is 11.7. The molecule has 0 radical (unpaired) electrons. The van der Waals surface area contributed by atoms with Crippen LogP contribution in [0.15, 0.2) is 23.8 Å². The van der Waals surface area contributed by atoms with Crippen molar-refractivity contribution in [2.24, 2.45) is 28.6 Å². The summed E-state index contributed by atoms with van der Waals surface area (Å²) in [6, 6.07) is 0. The number of hydrogen-bond donors (Lipinski definition) is 1. The van der Waals surface area contributed by atoms with Crippen molar-refractivity contribution in [3.63, 3.8) is 0 Å². The zero-order valence-corrected chi connectivity index (χ0v) is 13.1. The molecule has 4 aliphatic rings. The lowest BCUT2D eigenvalue weighted by atomic mass is 9.48. The van der Waals surface area contributed by atoms with Crippen LogP contribution in [0.3, 0.4) is 0 Å². The van der Waals surface area contributed by atoms with E-state index in [9.17, 15) is 9.90 Å². The van der Waals surface area contributed by atoms with Crippen molar-refractivity contribution >= 4 is 5.78 Å². The van der Waals surface area contributed by atoms with E-state index in [1.807, 2.05) is 6.08 Å². The third-order valence-electron chi connectivity index (χ3n) is 7.51. The normalized spacial score (nSPS) is 52.0. The molecule has 6 atom stereocenters. The molecule has 2 nitrogen and oxygen atoms in total. The first-order chi connectivity index (χ1) is 9.95. The molecule has 1 N–H and O–H groups in total. The van der Waals surface area contributed by atoms with Crippen LogP contribution in [0.5, 0.6) is 0 Å². The zero-order chi connectivity index (χ0) is 14.8. The summed E-state index contributed by atoms with van der Waals surface area (Å²) in [6.45, 7) is 4.66. The van der Waals surface area contributed by atoms with Gasteiger partial charge in [0, 0.05) is 5.41 Å². The fourth-order valence-corrected chi connectivity index (χ4v) is 6.17. The van der Waals surface area contributed by atoms with Gasteiger partial charge in [0.25, 0.3) is 0 Å². The Kier molecular flexibility index (Phi) is 2.83. The van der Waals surface area contributed by atoms with Crippen molar-refractivity contribution in [1.29, 1.82) is 0 Å². The van der Waals surface area contributed by atoms with Gasteiger partial charge in [0.2, 0.25) is 0 Å². The van der Waals surface area contributed by atoms with E-state index >= 15 is 0 Å². The Bertz CT molecular complexity index is 546. The summed E-state index contributed by atoms with van der Waals surface area (Å²) >= 11 is 0. The highest BCUT2D eigenvalue weighted by atomic mass is 16.3. The topological polar surface area (TPSA) is 37.3 Å². The van der Waals surface area contributed by atoms with E-state index in [2.05, 4.69) is 19.9 Å². The molecule has 3 fully saturated rings. The average Bonchev–Trinajstić information content (AvgIpc) is 2.76. The van der Waals surface area contributed by atoms with Crippen LogP contribution in [0.2, 0.25) is 0 Å². The molecule has 0 aromatic carbocycles. The number of allylic oxidation sites excluding steroid dienone is 4. The summed E-state index contributed by atoms with van der Waals surface area (Å²) in [7, 11) is 0. The standard InChI is InChI=1S/C19H26O2/c1-18-9-7-13(20)11-12(18)3-4-14-15-5-6-17(21)19(15,2)10-8-16(14)18/h7,9,11,14-17,21H,3-6,8,10H2,1-2H3/t14-,15-,16+,17-,18-,19-/m0/s1. The molecule has 0 amide bonds. The number of ketones is 1. The Labute approximate surface area is 127 Å². The van der Waals surface area contributed by atoms with E-state index in [-0.39, 0.29) is 22.7 Å². The molecule has 0 saturated heterocycles. The quantitative estimate of drug-likeness (QED) is 0.738. The van der Waals surface area contributed by atoms with Gasteiger partial charge in [-0.25, -0.2) is 0 Å². The van der Waals surface area contributed by atoms with Crippen LogP contribution in [-0.4, -0.2) is 17.0 Å². The van der Waals surface area contributed by atoms with Crippen LogP contribution in [-0.2, 0) is 4.79 Å². The molecular weight excluding hydrogens is 260 g/mol. The molecule has 0 aromatic heterocycles. The SMILES string of the molecule is C[C@]12CC[C@@H]3[C@@H](CCC4=CC(=O)C=C[C@@]43C)[C@@H]1CC[C@@H]2O. The minimum absolute atomic E-state index is 0.0890. The van der Waals surface area contributed by atoms with Crippen LogP contribution < -0.4 is 0 Å². The van der Waals surface area contributed by atoms with E-state index in [0.717, 1.165) is 25.2 Å². The number of fused-ring (bicyclic) bond motifs is 5. The van der Waals surface area contributed by atoms with Crippen molar-refractivity contribution in [2.45, 2.75) is 58.5 Å². The lowest BCUT2D eigenvalue weighted by Crippen LogP contribution is -2.50. The molecule has 3 saturated carbocycles. The second-order valence-electron chi connectivity index (χ2n) is 8.24. The van der Waals surface area contributed by atoms with Crippen molar-refractivity contribution in [2.75, 3.05) is 0 Å². The molecule has 21 heavy (non-hydrogen) atoms. The van der Waals surface area contributed by atoms with E-state index in [4.69, 9.17) is 0 Å². The fraction of sp³-hybridized carbons (Fsp3) is 0.737. The van der Waals surface area contributed by atoms with Gasteiger partial charge in [-0.3, -0.25) is 4.79 Å². The van der Waals surface area contributed by atoms with E-state index < -0.39 is 0 Å². The van der Waals surface area contributed by atoms with Gasteiger partial charge in [-0.05, 0) is 73.8 Å². The maximum Gasteiger partial charge on any atom is 0.178 e. The molecule has 114 valence electrons. The first kappa shape index (κ1) is 13.8. The van der Waals surface area contributed by atoms with Crippen molar-refractivity contribution in [3.8, 4) is 0 Å². The summed E-state index contributed by atoms with van der Waals surface area (Å²) < 4.78 is 0. The minimum atomic E-state index is -0.100. The van der Waals surface area contributed by atoms with Crippen molar-refractivity contribution in [1.82, 2.24) is 0 Å². The lowest BCUT2D eigenvalue weighted by molar-refractivity contribution is -0.111. The molecule has 0 aliphatic heterocycles. The monoisotopic (exact) mass is 286 g/mol. The highest BCUT2D eigenvalue weighted by Gasteiger charge is 2.58. The number of aliphatic hydroxyl groups excluding tert-OH is 1. The molecule has 4 aliphatic carbocycles. The van der Waals surface area contributed by atoms with Gasteiger partial charge in [0.05, 0.1) is 6.10 Å². The predicted octanol–water partition coefficient (Wildman–Crippen LogP) is 3.66. The number of hydrogen-bond acceptors (Lipinski definition) is 2. The third-order valence-corrected chi connectivity index (χ3v) is 7.51. The minimum Gasteiger partial charge on any atom is -0.393 e. The number of rotatable bonds is 0. The van der Waals surface area contributed by atoms with Crippen LogP contribution in [0.4, 0.5) is 0 Å². The number of aliphatic hydroxyl groups is 1. The Morgan fingerprint density at radius 3 is 2.76 bits per heavy atom. The summed E-state index contributed by atoms with van der Waals surface area (Å²) in [5.41, 5.74) is 1.59. The van der Waals surface area contributed by atoms with Gasteiger partial charge in [-0.15, -0.1) is 0 Å². The highest BCUT2D eigenvalue weighted by molar-refractivity contribution is 6.01. The predicted molar refractivity (Wildman–Crippen MR) is 82.6 cm³/mol.